The molecule has 0 aromatic carbocycles. The van der Waals surface area contributed by atoms with Gasteiger partial charge < -0.3 is 19.7 Å². The molecule has 98 valence electrons. The Morgan fingerprint density at radius 1 is 1.25 bits per heavy atom. The summed E-state index contributed by atoms with van der Waals surface area (Å²) in [4.78, 5) is 19.4. The minimum atomic E-state index is -0.560. The monoisotopic (exact) mass is 238 g/mol. The van der Waals surface area contributed by atoms with Gasteiger partial charge in [0.05, 0.1) is 26.4 Å². The highest BCUT2D eigenvalue weighted by molar-refractivity contribution is 5.65. The fourth-order valence-electron chi connectivity index (χ4n) is 0.203. The lowest BCUT2D eigenvalue weighted by atomic mass is 10.5. The maximum atomic E-state index is 9.82. The summed E-state index contributed by atoms with van der Waals surface area (Å²) in [5, 5.41) is 16.0. The Hall–Kier alpha value is -1.14. The fraction of sp³-hybridized carbons (Fsp3) is 0.800. The first-order valence-corrected chi connectivity index (χ1v) is 4.78. The predicted octanol–water partition coefficient (Wildman–Crippen LogP) is 0.108. The van der Waals surface area contributed by atoms with Gasteiger partial charge in [0.25, 0.3) is 0 Å². The van der Waals surface area contributed by atoms with Crippen molar-refractivity contribution in [2.45, 2.75) is 33.8 Å². The number of carbonyl (C=O) groups is 2. The second kappa shape index (κ2) is 16.3. The van der Waals surface area contributed by atoms with Gasteiger partial charge in [0.1, 0.15) is 0 Å². The van der Waals surface area contributed by atoms with Crippen molar-refractivity contribution in [2.75, 3.05) is 20.3 Å². The zero-order chi connectivity index (χ0) is 13.6. The number of methoxy groups -OCH3 is 1. The summed E-state index contributed by atoms with van der Waals surface area (Å²) >= 11 is 0. The normalized spacial score (nSPS) is 9.69. The third-order valence-corrected chi connectivity index (χ3v) is 0.899. The Bertz CT molecular complexity index is 167. The zero-order valence-corrected chi connectivity index (χ0v) is 10.5. The van der Waals surface area contributed by atoms with E-state index >= 15 is 0 Å². The van der Waals surface area contributed by atoms with Crippen molar-refractivity contribution in [3.63, 3.8) is 0 Å². The molecule has 6 nitrogen and oxygen atoms in total. The van der Waals surface area contributed by atoms with Crippen molar-refractivity contribution in [2.24, 2.45) is 0 Å². The van der Waals surface area contributed by atoms with E-state index in [2.05, 4.69) is 9.47 Å². The van der Waals surface area contributed by atoms with E-state index in [1.807, 2.05) is 0 Å². The van der Waals surface area contributed by atoms with E-state index in [1.165, 1.54) is 27.9 Å². The van der Waals surface area contributed by atoms with Crippen LogP contribution in [0.2, 0.25) is 0 Å². The smallest absolute Gasteiger partial charge is 0.302 e. The Labute approximate surface area is 96.2 Å². The molecule has 0 aliphatic carbocycles. The number of rotatable bonds is 2. The molecule has 0 amide bonds. The summed E-state index contributed by atoms with van der Waals surface area (Å²) in [6.07, 6.45) is -0.560. The number of esters is 2. The van der Waals surface area contributed by atoms with Crippen LogP contribution in [0.3, 0.4) is 0 Å². The van der Waals surface area contributed by atoms with Crippen molar-refractivity contribution >= 4 is 11.9 Å². The van der Waals surface area contributed by atoms with Crippen LogP contribution in [-0.4, -0.2) is 48.6 Å². The molecule has 0 fully saturated rings. The van der Waals surface area contributed by atoms with Crippen molar-refractivity contribution in [1.29, 1.82) is 0 Å². The second-order valence-corrected chi connectivity index (χ2v) is 2.65. The standard InChI is InChI=1S/C4H8O2.C3H6O2.C3H8O2/c1-3-6-4(2)5;1-3(4)5-2;1-3(5)2-4/h3H2,1-2H3;1-2H3;3-5H,2H2,1H3. The Morgan fingerprint density at radius 3 is 1.56 bits per heavy atom. The van der Waals surface area contributed by atoms with Gasteiger partial charge in [0.15, 0.2) is 0 Å². The molecular formula is C10H22O6. The summed E-state index contributed by atoms with van der Waals surface area (Å²) in [6.45, 7) is 6.40. The largest absolute Gasteiger partial charge is 0.469 e. The van der Waals surface area contributed by atoms with Crippen LogP contribution < -0.4 is 0 Å². The van der Waals surface area contributed by atoms with Gasteiger partial charge in [-0.15, -0.1) is 0 Å². The number of hydrogen-bond donors (Lipinski definition) is 2. The number of carbonyl (C=O) groups excluding carboxylic acids is 2. The summed E-state index contributed by atoms with van der Waals surface area (Å²) in [7, 11) is 1.35. The van der Waals surface area contributed by atoms with Gasteiger partial charge in [0, 0.05) is 13.8 Å². The van der Waals surface area contributed by atoms with Crippen molar-refractivity contribution in [3.8, 4) is 0 Å². The zero-order valence-electron chi connectivity index (χ0n) is 10.5. The molecule has 1 atom stereocenters. The summed E-state index contributed by atoms with van der Waals surface area (Å²) in [6, 6.07) is 0. The van der Waals surface area contributed by atoms with Gasteiger partial charge in [-0.25, -0.2) is 0 Å². The van der Waals surface area contributed by atoms with Gasteiger partial charge in [0.2, 0.25) is 0 Å². The lowest BCUT2D eigenvalue weighted by molar-refractivity contribution is -0.140. The van der Waals surface area contributed by atoms with Crippen LogP contribution in [0.25, 0.3) is 0 Å². The van der Waals surface area contributed by atoms with Crippen LogP contribution in [0.15, 0.2) is 0 Å². The highest BCUT2D eigenvalue weighted by Crippen LogP contribution is 1.69. The second-order valence-electron chi connectivity index (χ2n) is 2.65. The van der Waals surface area contributed by atoms with Crippen molar-refractivity contribution in [3.05, 3.63) is 0 Å². The summed E-state index contributed by atoms with van der Waals surface area (Å²) in [5.41, 5.74) is 0. The van der Waals surface area contributed by atoms with E-state index in [4.69, 9.17) is 10.2 Å². The molecule has 0 bridgehead atoms. The molecule has 0 aliphatic heterocycles. The first kappa shape index (κ1) is 20.3. The van der Waals surface area contributed by atoms with E-state index in [0.29, 0.717) is 6.61 Å². The SMILES string of the molecule is CC(O)CO.CCOC(C)=O.COC(C)=O. The molecule has 0 saturated heterocycles. The number of aliphatic hydroxyl groups is 2. The average Bonchev–Trinajstić information content (AvgIpc) is 2.19. The van der Waals surface area contributed by atoms with E-state index in [9.17, 15) is 9.59 Å². The molecule has 0 aromatic rings. The highest BCUT2D eigenvalue weighted by Gasteiger charge is 1.83. The molecule has 0 aliphatic rings. The van der Waals surface area contributed by atoms with E-state index in [-0.39, 0.29) is 18.5 Å². The van der Waals surface area contributed by atoms with Gasteiger partial charge in [-0.05, 0) is 13.8 Å². The predicted molar refractivity (Wildman–Crippen MR) is 58.8 cm³/mol. The van der Waals surface area contributed by atoms with Crippen LogP contribution in [0.5, 0.6) is 0 Å². The van der Waals surface area contributed by atoms with Crippen LogP contribution in [-0.2, 0) is 19.1 Å². The van der Waals surface area contributed by atoms with Gasteiger partial charge in [-0.2, -0.15) is 0 Å². The average molecular weight is 238 g/mol. The quantitative estimate of drug-likeness (QED) is 0.663. The number of ether oxygens (including phenoxy) is 2. The topological polar surface area (TPSA) is 93.1 Å². The third kappa shape index (κ3) is 52.7. The summed E-state index contributed by atoms with van der Waals surface area (Å²) in [5.74, 6) is -0.456. The number of aliphatic hydroxyl groups excluding tert-OH is 2. The molecule has 6 heteroatoms. The lowest BCUT2D eigenvalue weighted by Gasteiger charge is -1.90. The maximum Gasteiger partial charge on any atom is 0.302 e. The van der Waals surface area contributed by atoms with E-state index < -0.39 is 6.10 Å². The molecule has 2 N–H and O–H groups in total. The maximum absolute atomic E-state index is 9.82. The molecule has 0 spiro atoms. The molecule has 0 aromatic heterocycles. The lowest BCUT2D eigenvalue weighted by Crippen LogP contribution is -2.03. The van der Waals surface area contributed by atoms with Gasteiger partial charge in [-0.3, -0.25) is 9.59 Å². The van der Waals surface area contributed by atoms with Gasteiger partial charge >= 0.3 is 11.9 Å². The highest BCUT2D eigenvalue weighted by atomic mass is 16.5. The first-order chi connectivity index (χ1) is 7.31. The molecule has 0 heterocycles. The van der Waals surface area contributed by atoms with Crippen LogP contribution in [0, 0.1) is 0 Å². The first-order valence-electron chi connectivity index (χ1n) is 4.78. The van der Waals surface area contributed by atoms with Crippen LogP contribution in [0.4, 0.5) is 0 Å². The molecule has 0 rings (SSSR count). The molecule has 16 heavy (non-hydrogen) atoms. The van der Waals surface area contributed by atoms with Crippen molar-refractivity contribution < 1.29 is 29.3 Å². The Balaban J connectivity index is -0.000000160. The molecule has 0 saturated carbocycles. The number of hydrogen-bond acceptors (Lipinski definition) is 6. The van der Waals surface area contributed by atoms with Crippen molar-refractivity contribution in [1.82, 2.24) is 0 Å². The van der Waals surface area contributed by atoms with E-state index in [1.54, 1.807) is 6.92 Å². The minimum Gasteiger partial charge on any atom is -0.469 e. The Morgan fingerprint density at radius 2 is 1.56 bits per heavy atom. The van der Waals surface area contributed by atoms with Gasteiger partial charge in [-0.1, -0.05) is 0 Å². The molecular weight excluding hydrogens is 216 g/mol. The fourth-order valence-corrected chi connectivity index (χ4v) is 0.203. The third-order valence-electron chi connectivity index (χ3n) is 0.899. The molecule has 0 radical (unpaired) electrons. The minimum absolute atomic E-state index is 0.139. The molecule has 1 unspecified atom stereocenters. The van der Waals surface area contributed by atoms with E-state index in [0.717, 1.165) is 0 Å². The van der Waals surface area contributed by atoms with Crippen LogP contribution >= 0.6 is 0 Å². The summed E-state index contributed by atoms with van der Waals surface area (Å²) < 4.78 is 8.51. The Kier molecular flexibility index (Phi) is 20.7. The van der Waals surface area contributed by atoms with Crippen LogP contribution in [0.1, 0.15) is 27.7 Å².